The minimum atomic E-state index is -3.32. The number of nitriles is 1. The maximum atomic E-state index is 12.1. The molecule has 0 heterocycles. The number of sulfone groups is 1. The van der Waals surface area contributed by atoms with Gasteiger partial charge in [0.25, 0.3) is 0 Å². The topological polar surface area (TPSA) is 70.0 Å². The van der Waals surface area contributed by atoms with Gasteiger partial charge >= 0.3 is 0 Å². The molecule has 0 unspecified atom stereocenters. The fourth-order valence-corrected chi connectivity index (χ4v) is 2.79. The standard InChI is InChI=1S/C14H20N2O2S/c1-14(2,3)11-16-7-8-19(17,18)13-6-4-5-12(9-13)10-15/h4-6,9,16H,7-8,11H2,1-3H3. The number of nitrogens with one attached hydrogen (secondary N) is 1. The van der Waals surface area contributed by atoms with Crippen molar-refractivity contribution >= 4 is 9.84 Å². The zero-order valence-corrected chi connectivity index (χ0v) is 12.4. The highest BCUT2D eigenvalue weighted by atomic mass is 32.2. The second-order valence-corrected chi connectivity index (χ2v) is 7.81. The maximum absolute atomic E-state index is 12.1. The molecule has 1 aromatic rings. The SMILES string of the molecule is CC(C)(C)CNCCS(=O)(=O)c1cccc(C#N)c1. The summed E-state index contributed by atoms with van der Waals surface area (Å²) in [5, 5.41) is 11.9. The molecule has 0 aliphatic heterocycles. The number of rotatable bonds is 5. The Balaban J connectivity index is 2.64. The maximum Gasteiger partial charge on any atom is 0.179 e. The van der Waals surface area contributed by atoms with Crippen LogP contribution in [0.5, 0.6) is 0 Å². The van der Waals surface area contributed by atoms with Gasteiger partial charge in [-0.25, -0.2) is 8.42 Å². The van der Waals surface area contributed by atoms with E-state index in [0.29, 0.717) is 12.1 Å². The van der Waals surface area contributed by atoms with Crippen molar-refractivity contribution in [3.8, 4) is 6.07 Å². The Kier molecular flexibility index (Phi) is 5.10. The number of hydrogen-bond acceptors (Lipinski definition) is 4. The van der Waals surface area contributed by atoms with Crippen LogP contribution in [-0.2, 0) is 9.84 Å². The van der Waals surface area contributed by atoms with Gasteiger partial charge in [0.1, 0.15) is 0 Å². The summed E-state index contributed by atoms with van der Waals surface area (Å²) in [4.78, 5) is 0.212. The van der Waals surface area contributed by atoms with Crippen LogP contribution in [0.15, 0.2) is 29.2 Å². The van der Waals surface area contributed by atoms with Gasteiger partial charge in [0.2, 0.25) is 0 Å². The van der Waals surface area contributed by atoms with E-state index in [2.05, 4.69) is 26.1 Å². The van der Waals surface area contributed by atoms with Crippen LogP contribution in [-0.4, -0.2) is 27.3 Å². The van der Waals surface area contributed by atoms with Crippen molar-refractivity contribution in [3.63, 3.8) is 0 Å². The molecule has 104 valence electrons. The first kappa shape index (κ1) is 15.7. The van der Waals surface area contributed by atoms with E-state index < -0.39 is 9.84 Å². The zero-order chi connectivity index (χ0) is 14.5. The molecule has 5 heteroatoms. The van der Waals surface area contributed by atoms with Crippen LogP contribution in [0.2, 0.25) is 0 Å². The highest BCUT2D eigenvalue weighted by Crippen LogP contribution is 2.13. The molecule has 4 nitrogen and oxygen atoms in total. The van der Waals surface area contributed by atoms with Crippen molar-refractivity contribution in [2.45, 2.75) is 25.7 Å². The summed E-state index contributed by atoms with van der Waals surface area (Å²) in [5.41, 5.74) is 0.494. The molecule has 0 saturated carbocycles. The van der Waals surface area contributed by atoms with E-state index in [0.717, 1.165) is 6.54 Å². The molecule has 0 atom stereocenters. The molecule has 0 fully saturated rings. The van der Waals surface area contributed by atoms with Crippen LogP contribution in [0.4, 0.5) is 0 Å². The fourth-order valence-electron chi connectivity index (χ4n) is 1.55. The molecule has 0 bridgehead atoms. The molecule has 1 N–H and O–H groups in total. The van der Waals surface area contributed by atoms with Crippen molar-refractivity contribution in [2.75, 3.05) is 18.8 Å². The molecule has 0 aliphatic carbocycles. The van der Waals surface area contributed by atoms with Crippen molar-refractivity contribution in [2.24, 2.45) is 5.41 Å². The van der Waals surface area contributed by atoms with Gasteiger partial charge in [-0.05, 0) is 23.6 Å². The van der Waals surface area contributed by atoms with Gasteiger partial charge < -0.3 is 5.32 Å². The van der Waals surface area contributed by atoms with Crippen molar-refractivity contribution in [1.82, 2.24) is 5.32 Å². The molecule has 0 spiro atoms. The van der Waals surface area contributed by atoms with Gasteiger partial charge in [0.15, 0.2) is 9.84 Å². The van der Waals surface area contributed by atoms with Crippen LogP contribution in [0.1, 0.15) is 26.3 Å². The third-order valence-corrected chi connectivity index (χ3v) is 4.24. The largest absolute Gasteiger partial charge is 0.315 e. The predicted molar refractivity (Wildman–Crippen MR) is 75.5 cm³/mol. The third-order valence-electron chi connectivity index (χ3n) is 2.53. The average molecular weight is 280 g/mol. The Morgan fingerprint density at radius 2 is 2.00 bits per heavy atom. The lowest BCUT2D eigenvalue weighted by Gasteiger charge is -2.18. The lowest BCUT2D eigenvalue weighted by molar-refractivity contribution is 0.385. The monoisotopic (exact) mass is 280 g/mol. The van der Waals surface area contributed by atoms with Gasteiger partial charge in [-0.3, -0.25) is 0 Å². The first-order valence-electron chi connectivity index (χ1n) is 6.18. The number of nitrogens with zero attached hydrogens (tertiary/aromatic N) is 1. The van der Waals surface area contributed by atoms with Crippen LogP contribution in [0.3, 0.4) is 0 Å². The molecule has 0 aliphatic rings. The highest BCUT2D eigenvalue weighted by Gasteiger charge is 2.15. The Morgan fingerprint density at radius 1 is 1.32 bits per heavy atom. The van der Waals surface area contributed by atoms with E-state index in [-0.39, 0.29) is 16.1 Å². The molecule has 0 aromatic heterocycles. The summed E-state index contributed by atoms with van der Waals surface area (Å²) in [7, 11) is -3.32. The van der Waals surface area contributed by atoms with Crippen LogP contribution < -0.4 is 5.32 Å². The molecule has 1 rings (SSSR count). The van der Waals surface area contributed by atoms with Crippen LogP contribution in [0.25, 0.3) is 0 Å². The Bertz CT molecular complexity index is 566. The van der Waals surface area contributed by atoms with E-state index >= 15 is 0 Å². The fraction of sp³-hybridized carbons (Fsp3) is 0.500. The minimum absolute atomic E-state index is 0.0396. The van der Waals surface area contributed by atoms with E-state index in [1.807, 2.05) is 6.07 Å². The lowest BCUT2D eigenvalue weighted by atomic mass is 9.97. The summed E-state index contributed by atoms with van der Waals surface area (Å²) < 4.78 is 24.2. The van der Waals surface area contributed by atoms with Gasteiger partial charge in [-0.2, -0.15) is 5.26 Å². The second kappa shape index (κ2) is 6.18. The summed E-state index contributed by atoms with van der Waals surface area (Å²) >= 11 is 0. The smallest absolute Gasteiger partial charge is 0.179 e. The van der Waals surface area contributed by atoms with Crippen LogP contribution in [0, 0.1) is 16.7 Å². The zero-order valence-electron chi connectivity index (χ0n) is 11.6. The minimum Gasteiger partial charge on any atom is -0.315 e. The number of benzene rings is 1. The van der Waals surface area contributed by atoms with E-state index in [4.69, 9.17) is 5.26 Å². The van der Waals surface area contributed by atoms with Gasteiger partial charge in [-0.15, -0.1) is 0 Å². The summed E-state index contributed by atoms with van der Waals surface area (Å²) in [6.45, 7) is 7.44. The summed E-state index contributed by atoms with van der Waals surface area (Å²) in [6.07, 6.45) is 0. The first-order valence-corrected chi connectivity index (χ1v) is 7.83. The second-order valence-electron chi connectivity index (χ2n) is 5.70. The molecule has 0 saturated heterocycles. The van der Waals surface area contributed by atoms with Crippen molar-refractivity contribution in [3.05, 3.63) is 29.8 Å². The Hall–Kier alpha value is -1.38. The lowest BCUT2D eigenvalue weighted by Crippen LogP contribution is -2.31. The molecule has 1 aromatic carbocycles. The van der Waals surface area contributed by atoms with Gasteiger partial charge in [-0.1, -0.05) is 26.8 Å². The Morgan fingerprint density at radius 3 is 2.58 bits per heavy atom. The summed E-state index contributed by atoms with van der Waals surface area (Å²) in [5.74, 6) is 0.0396. The Labute approximate surface area is 115 Å². The molecule has 0 amide bonds. The van der Waals surface area contributed by atoms with Gasteiger partial charge in [0, 0.05) is 13.1 Å². The van der Waals surface area contributed by atoms with E-state index in [9.17, 15) is 8.42 Å². The predicted octanol–water partition coefficient (Wildman–Crippen LogP) is 1.97. The van der Waals surface area contributed by atoms with E-state index in [1.165, 1.54) is 12.1 Å². The highest BCUT2D eigenvalue weighted by molar-refractivity contribution is 7.91. The van der Waals surface area contributed by atoms with Crippen molar-refractivity contribution in [1.29, 1.82) is 5.26 Å². The molecule has 19 heavy (non-hydrogen) atoms. The number of hydrogen-bond donors (Lipinski definition) is 1. The van der Waals surface area contributed by atoms with Crippen LogP contribution >= 0.6 is 0 Å². The normalized spacial score (nSPS) is 12.1. The first-order chi connectivity index (χ1) is 8.74. The molecular weight excluding hydrogens is 260 g/mol. The molecule has 0 radical (unpaired) electrons. The molecular formula is C14H20N2O2S. The van der Waals surface area contributed by atoms with Crippen molar-refractivity contribution < 1.29 is 8.42 Å². The average Bonchev–Trinajstić information content (AvgIpc) is 2.34. The van der Waals surface area contributed by atoms with E-state index in [1.54, 1.807) is 12.1 Å². The summed E-state index contributed by atoms with van der Waals surface area (Å²) in [6, 6.07) is 8.08. The quantitative estimate of drug-likeness (QED) is 0.837. The third kappa shape index (κ3) is 5.41. The van der Waals surface area contributed by atoms with Gasteiger partial charge in [0.05, 0.1) is 22.3 Å².